The molecule has 0 unspecified atom stereocenters. The van der Waals surface area contributed by atoms with Crippen molar-refractivity contribution in [3.63, 3.8) is 0 Å². The van der Waals surface area contributed by atoms with Crippen molar-refractivity contribution in [2.75, 3.05) is 6.54 Å². The number of hydrogen-bond donors (Lipinski definition) is 2. The van der Waals surface area contributed by atoms with Crippen LogP contribution in [0.25, 0.3) is 0 Å². The van der Waals surface area contributed by atoms with E-state index in [0.29, 0.717) is 18.0 Å². The molecule has 0 saturated carbocycles. The topological polar surface area (TPSA) is 55.1 Å². The van der Waals surface area contributed by atoms with Crippen molar-refractivity contribution in [2.24, 2.45) is 11.1 Å². The Kier molecular flexibility index (Phi) is 5.06. The summed E-state index contributed by atoms with van der Waals surface area (Å²) >= 11 is 4.97. The maximum atomic E-state index is 11.9. The predicted molar refractivity (Wildman–Crippen MR) is 83.2 cm³/mol. The van der Waals surface area contributed by atoms with Crippen LogP contribution in [-0.2, 0) is 11.2 Å². The monoisotopic (exact) mass is 278 g/mol. The summed E-state index contributed by atoms with van der Waals surface area (Å²) in [6, 6.07) is 6.07. The van der Waals surface area contributed by atoms with E-state index in [1.165, 1.54) is 11.1 Å². The summed E-state index contributed by atoms with van der Waals surface area (Å²) in [4.78, 5) is 12.3. The lowest BCUT2D eigenvalue weighted by Gasteiger charge is -2.23. The number of aryl methyl sites for hydroxylation is 2. The maximum absolute atomic E-state index is 11.9. The molecule has 0 fully saturated rings. The molecule has 1 rings (SSSR count). The molecule has 3 N–H and O–H groups in total. The van der Waals surface area contributed by atoms with Gasteiger partial charge in [0.2, 0.25) is 5.91 Å². The fraction of sp³-hybridized carbons (Fsp3) is 0.467. The first-order chi connectivity index (χ1) is 8.72. The number of thiocarbonyl (C=S) groups is 1. The van der Waals surface area contributed by atoms with Crippen molar-refractivity contribution in [1.82, 2.24) is 5.32 Å². The van der Waals surface area contributed by atoms with Gasteiger partial charge in [-0.1, -0.05) is 44.3 Å². The molecular weight excluding hydrogens is 256 g/mol. The van der Waals surface area contributed by atoms with Gasteiger partial charge in [0.1, 0.15) is 0 Å². The average Bonchev–Trinajstić information content (AvgIpc) is 2.31. The van der Waals surface area contributed by atoms with Crippen molar-refractivity contribution in [2.45, 2.75) is 34.1 Å². The Morgan fingerprint density at radius 1 is 1.32 bits per heavy atom. The van der Waals surface area contributed by atoms with E-state index >= 15 is 0 Å². The molecule has 104 valence electrons. The van der Waals surface area contributed by atoms with Crippen molar-refractivity contribution in [3.05, 3.63) is 34.9 Å². The minimum atomic E-state index is -0.353. The van der Waals surface area contributed by atoms with E-state index in [9.17, 15) is 4.79 Å². The van der Waals surface area contributed by atoms with E-state index in [-0.39, 0.29) is 11.3 Å². The number of amides is 1. The number of carbonyl (C=O) groups is 1. The Bertz CT molecular complexity index is 495. The average molecular weight is 278 g/mol. The summed E-state index contributed by atoms with van der Waals surface area (Å²) in [7, 11) is 0. The molecule has 0 radical (unpaired) electrons. The van der Waals surface area contributed by atoms with Gasteiger partial charge in [-0.25, -0.2) is 0 Å². The zero-order valence-electron chi connectivity index (χ0n) is 12.0. The highest BCUT2D eigenvalue weighted by Crippen LogP contribution is 2.14. The van der Waals surface area contributed by atoms with Gasteiger partial charge in [0.25, 0.3) is 0 Å². The Balaban J connectivity index is 2.56. The second-order valence-corrected chi connectivity index (χ2v) is 6.06. The highest BCUT2D eigenvalue weighted by atomic mass is 32.1. The minimum absolute atomic E-state index is 0.00687. The van der Waals surface area contributed by atoms with Gasteiger partial charge in [0, 0.05) is 12.0 Å². The second-order valence-electron chi connectivity index (χ2n) is 5.62. The molecule has 0 spiro atoms. The molecule has 1 amide bonds. The third kappa shape index (κ3) is 4.63. The van der Waals surface area contributed by atoms with Gasteiger partial charge in [-0.15, -0.1) is 0 Å². The SMILES string of the molecule is Cc1ccc(CC(=O)NCC(C)(C)C(N)=S)cc1C. The van der Waals surface area contributed by atoms with Gasteiger partial charge in [-0.05, 0) is 30.5 Å². The standard InChI is InChI=1S/C15H22N2OS/c1-10-5-6-12(7-11(10)2)8-13(18)17-9-15(3,4)14(16)19/h5-7H,8-9H2,1-4H3,(H2,16,19)(H,17,18). The lowest BCUT2D eigenvalue weighted by atomic mass is 9.93. The number of benzene rings is 1. The van der Waals surface area contributed by atoms with Crippen molar-refractivity contribution >= 4 is 23.1 Å². The van der Waals surface area contributed by atoms with E-state index in [0.717, 1.165) is 5.56 Å². The van der Waals surface area contributed by atoms with Gasteiger partial charge < -0.3 is 11.1 Å². The van der Waals surface area contributed by atoms with Gasteiger partial charge in [0.05, 0.1) is 11.4 Å². The zero-order chi connectivity index (χ0) is 14.6. The van der Waals surface area contributed by atoms with E-state index in [1.807, 2.05) is 39.0 Å². The fourth-order valence-corrected chi connectivity index (χ4v) is 1.64. The summed E-state index contributed by atoms with van der Waals surface area (Å²) in [5.74, 6) is -0.00687. The fourth-order valence-electron chi connectivity index (χ4n) is 1.57. The van der Waals surface area contributed by atoms with Crippen LogP contribution in [0.15, 0.2) is 18.2 Å². The molecule has 0 aliphatic carbocycles. The maximum Gasteiger partial charge on any atom is 0.224 e. The summed E-state index contributed by atoms with van der Waals surface area (Å²) < 4.78 is 0. The van der Waals surface area contributed by atoms with Crippen LogP contribution < -0.4 is 11.1 Å². The Morgan fingerprint density at radius 2 is 1.95 bits per heavy atom. The molecule has 4 heteroatoms. The van der Waals surface area contributed by atoms with Gasteiger partial charge >= 0.3 is 0 Å². The van der Waals surface area contributed by atoms with Gasteiger partial charge in [-0.2, -0.15) is 0 Å². The van der Waals surface area contributed by atoms with E-state index in [4.69, 9.17) is 18.0 Å². The molecule has 0 aliphatic rings. The van der Waals surface area contributed by atoms with Crippen LogP contribution in [-0.4, -0.2) is 17.4 Å². The van der Waals surface area contributed by atoms with Crippen LogP contribution in [0.4, 0.5) is 0 Å². The smallest absolute Gasteiger partial charge is 0.224 e. The van der Waals surface area contributed by atoms with E-state index in [2.05, 4.69) is 12.2 Å². The van der Waals surface area contributed by atoms with Crippen LogP contribution in [0.5, 0.6) is 0 Å². The van der Waals surface area contributed by atoms with Crippen LogP contribution >= 0.6 is 12.2 Å². The Hall–Kier alpha value is -1.42. The molecule has 3 nitrogen and oxygen atoms in total. The van der Waals surface area contributed by atoms with Gasteiger partial charge in [-0.3, -0.25) is 4.79 Å². The normalized spacial score (nSPS) is 11.2. The minimum Gasteiger partial charge on any atom is -0.393 e. The first-order valence-corrected chi connectivity index (χ1v) is 6.76. The van der Waals surface area contributed by atoms with Crippen LogP contribution in [0.2, 0.25) is 0 Å². The highest BCUT2D eigenvalue weighted by Gasteiger charge is 2.21. The van der Waals surface area contributed by atoms with Crippen LogP contribution in [0.3, 0.4) is 0 Å². The second kappa shape index (κ2) is 6.15. The molecule has 0 aliphatic heterocycles. The largest absolute Gasteiger partial charge is 0.393 e. The van der Waals surface area contributed by atoms with Crippen molar-refractivity contribution < 1.29 is 4.79 Å². The Labute approximate surface area is 120 Å². The first kappa shape index (κ1) is 15.6. The lowest BCUT2D eigenvalue weighted by molar-refractivity contribution is -0.120. The third-order valence-corrected chi connectivity index (χ3v) is 3.88. The molecule has 0 heterocycles. The summed E-state index contributed by atoms with van der Waals surface area (Å²) in [5.41, 5.74) is 8.73. The van der Waals surface area contributed by atoms with Crippen molar-refractivity contribution in [1.29, 1.82) is 0 Å². The molecule has 0 bridgehead atoms. The predicted octanol–water partition coefficient (Wildman–Crippen LogP) is 2.27. The summed E-state index contributed by atoms with van der Waals surface area (Å²) in [6.45, 7) is 8.42. The molecule has 0 aromatic heterocycles. The third-order valence-electron chi connectivity index (χ3n) is 3.33. The number of nitrogens with one attached hydrogen (secondary N) is 1. The molecule has 0 saturated heterocycles. The first-order valence-electron chi connectivity index (χ1n) is 6.35. The number of hydrogen-bond acceptors (Lipinski definition) is 2. The van der Waals surface area contributed by atoms with E-state index in [1.54, 1.807) is 0 Å². The lowest BCUT2D eigenvalue weighted by Crippen LogP contribution is -2.41. The molecule has 1 aromatic carbocycles. The molecule has 19 heavy (non-hydrogen) atoms. The molecule has 1 aromatic rings. The van der Waals surface area contributed by atoms with Crippen LogP contribution in [0, 0.1) is 19.3 Å². The quantitative estimate of drug-likeness (QED) is 0.812. The number of carbonyl (C=O) groups excluding carboxylic acids is 1. The molecular formula is C15H22N2OS. The summed E-state index contributed by atoms with van der Waals surface area (Å²) in [5, 5.41) is 2.88. The number of rotatable bonds is 5. The zero-order valence-corrected chi connectivity index (χ0v) is 12.9. The number of nitrogens with two attached hydrogens (primary N) is 1. The van der Waals surface area contributed by atoms with Gasteiger partial charge in [0.15, 0.2) is 0 Å². The summed E-state index contributed by atoms with van der Waals surface area (Å²) in [6.07, 6.45) is 0.383. The highest BCUT2D eigenvalue weighted by molar-refractivity contribution is 7.80. The molecule has 0 atom stereocenters. The van der Waals surface area contributed by atoms with Crippen LogP contribution in [0.1, 0.15) is 30.5 Å². The van der Waals surface area contributed by atoms with E-state index < -0.39 is 0 Å². The van der Waals surface area contributed by atoms with Crippen molar-refractivity contribution in [3.8, 4) is 0 Å². The Morgan fingerprint density at radius 3 is 2.47 bits per heavy atom.